The number of hydrogen-bond donors (Lipinski definition) is 2. The molecule has 0 unspecified atom stereocenters. The summed E-state index contributed by atoms with van der Waals surface area (Å²) in [6.07, 6.45) is 4.27. The van der Waals surface area contributed by atoms with Crippen molar-refractivity contribution in [3.63, 3.8) is 0 Å². The molecular weight excluding hydrogens is 236 g/mol. The van der Waals surface area contributed by atoms with Crippen molar-refractivity contribution >= 4 is 5.82 Å². The number of rotatable bonds is 2. The van der Waals surface area contributed by atoms with Crippen LogP contribution in [0.1, 0.15) is 24.3 Å². The van der Waals surface area contributed by atoms with E-state index in [1.807, 2.05) is 0 Å². The molecule has 0 bridgehead atoms. The summed E-state index contributed by atoms with van der Waals surface area (Å²) in [5, 5.41) is 6.79. The number of aromatic nitrogens is 2. The number of aromatic amines is 1. The predicted octanol–water partition coefficient (Wildman–Crippen LogP) is 2.47. The topological polar surface area (TPSA) is 57.9 Å². The zero-order chi connectivity index (χ0) is 13.2. The van der Waals surface area contributed by atoms with Gasteiger partial charge in [-0.25, -0.2) is 0 Å². The van der Waals surface area contributed by atoms with Gasteiger partial charge in [0.2, 0.25) is 0 Å². The molecule has 1 aromatic carbocycles. The second-order valence-electron chi connectivity index (χ2n) is 5.40. The summed E-state index contributed by atoms with van der Waals surface area (Å²) in [6.45, 7) is 2.37. The van der Waals surface area contributed by atoms with Crippen LogP contribution in [0.25, 0.3) is 11.1 Å². The molecule has 0 radical (unpaired) electrons. The molecule has 1 aliphatic heterocycles. The van der Waals surface area contributed by atoms with E-state index < -0.39 is 0 Å². The number of anilines is 1. The van der Waals surface area contributed by atoms with Gasteiger partial charge in [-0.15, -0.1) is 0 Å². The van der Waals surface area contributed by atoms with Crippen LogP contribution < -0.4 is 5.73 Å². The van der Waals surface area contributed by atoms with Gasteiger partial charge in [-0.05, 0) is 50.0 Å². The van der Waals surface area contributed by atoms with Crippen molar-refractivity contribution in [2.75, 3.05) is 25.9 Å². The van der Waals surface area contributed by atoms with Gasteiger partial charge in [0.25, 0.3) is 0 Å². The van der Waals surface area contributed by atoms with E-state index in [-0.39, 0.29) is 0 Å². The molecule has 3 N–H and O–H groups in total. The Morgan fingerprint density at radius 2 is 2.11 bits per heavy atom. The highest BCUT2D eigenvalue weighted by Crippen LogP contribution is 2.31. The van der Waals surface area contributed by atoms with Crippen LogP contribution in [0.2, 0.25) is 0 Å². The molecule has 1 aliphatic rings. The van der Waals surface area contributed by atoms with Crippen LogP contribution in [0.4, 0.5) is 5.82 Å². The maximum atomic E-state index is 5.89. The molecular formula is C15H20N4. The zero-order valence-electron chi connectivity index (χ0n) is 11.3. The predicted molar refractivity (Wildman–Crippen MR) is 77.9 cm³/mol. The van der Waals surface area contributed by atoms with Crippen LogP contribution in [0, 0.1) is 0 Å². The minimum Gasteiger partial charge on any atom is -0.384 e. The number of hydrogen-bond acceptors (Lipinski definition) is 3. The molecule has 4 heteroatoms. The van der Waals surface area contributed by atoms with Crippen LogP contribution in [0.15, 0.2) is 30.5 Å². The smallest absolute Gasteiger partial charge is 0.126 e. The van der Waals surface area contributed by atoms with Crippen LogP contribution in [-0.2, 0) is 0 Å². The van der Waals surface area contributed by atoms with E-state index >= 15 is 0 Å². The van der Waals surface area contributed by atoms with Gasteiger partial charge in [0, 0.05) is 5.56 Å². The first-order valence-corrected chi connectivity index (χ1v) is 6.82. The second-order valence-corrected chi connectivity index (χ2v) is 5.40. The van der Waals surface area contributed by atoms with Gasteiger partial charge in [0.05, 0.1) is 6.20 Å². The lowest BCUT2D eigenvalue weighted by molar-refractivity contribution is 0.255. The first kappa shape index (κ1) is 12.2. The molecule has 19 heavy (non-hydrogen) atoms. The third-order valence-corrected chi connectivity index (χ3v) is 4.06. The molecule has 0 spiro atoms. The Bertz CT molecular complexity index is 553. The van der Waals surface area contributed by atoms with Gasteiger partial charge in [-0.2, -0.15) is 5.10 Å². The summed E-state index contributed by atoms with van der Waals surface area (Å²) < 4.78 is 0. The van der Waals surface area contributed by atoms with Crippen LogP contribution in [0.3, 0.4) is 0 Å². The Balaban J connectivity index is 1.86. The summed E-state index contributed by atoms with van der Waals surface area (Å²) >= 11 is 0. The molecule has 100 valence electrons. The molecule has 0 atom stereocenters. The molecule has 1 saturated heterocycles. The molecule has 4 nitrogen and oxygen atoms in total. The van der Waals surface area contributed by atoms with E-state index in [0.717, 1.165) is 11.1 Å². The van der Waals surface area contributed by atoms with Crippen molar-refractivity contribution < 1.29 is 0 Å². The normalized spacial score (nSPS) is 17.7. The van der Waals surface area contributed by atoms with E-state index in [4.69, 9.17) is 5.73 Å². The van der Waals surface area contributed by atoms with Crippen molar-refractivity contribution in [1.29, 1.82) is 0 Å². The highest BCUT2D eigenvalue weighted by Gasteiger charge is 2.18. The van der Waals surface area contributed by atoms with Gasteiger partial charge in [-0.1, -0.05) is 24.3 Å². The highest BCUT2D eigenvalue weighted by atomic mass is 15.1. The quantitative estimate of drug-likeness (QED) is 0.867. The zero-order valence-corrected chi connectivity index (χ0v) is 11.3. The van der Waals surface area contributed by atoms with Crippen LogP contribution >= 0.6 is 0 Å². The summed E-state index contributed by atoms with van der Waals surface area (Å²) in [6, 6.07) is 8.71. The third kappa shape index (κ3) is 2.49. The Hall–Kier alpha value is -1.81. The SMILES string of the molecule is CN1CCC(c2cccc(-c3cn[nH]c3N)c2)CC1. The summed E-state index contributed by atoms with van der Waals surface area (Å²) in [5.41, 5.74) is 9.47. The number of nitrogens with two attached hydrogens (primary N) is 1. The average Bonchev–Trinajstić information content (AvgIpc) is 2.86. The number of H-pyrrole nitrogens is 1. The number of nitrogens with zero attached hydrogens (tertiary/aromatic N) is 2. The first-order valence-electron chi connectivity index (χ1n) is 6.82. The van der Waals surface area contributed by atoms with E-state index in [1.165, 1.54) is 31.5 Å². The van der Waals surface area contributed by atoms with Crippen molar-refractivity contribution in [1.82, 2.24) is 15.1 Å². The Labute approximate surface area is 113 Å². The maximum absolute atomic E-state index is 5.89. The van der Waals surface area contributed by atoms with Crippen LogP contribution in [0.5, 0.6) is 0 Å². The van der Waals surface area contributed by atoms with Gasteiger partial charge < -0.3 is 10.6 Å². The Kier molecular flexibility index (Phi) is 3.25. The van der Waals surface area contributed by atoms with Crippen molar-refractivity contribution in [3.8, 4) is 11.1 Å². The lowest BCUT2D eigenvalue weighted by Gasteiger charge is -2.29. The third-order valence-electron chi connectivity index (χ3n) is 4.06. The molecule has 0 aliphatic carbocycles. The van der Waals surface area contributed by atoms with Crippen molar-refractivity contribution in [3.05, 3.63) is 36.0 Å². The van der Waals surface area contributed by atoms with Gasteiger partial charge >= 0.3 is 0 Å². The van der Waals surface area contributed by atoms with Gasteiger partial charge in [-0.3, -0.25) is 5.10 Å². The molecule has 2 heterocycles. The van der Waals surface area contributed by atoms with E-state index in [9.17, 15) is 0 Å². The van der Waals surface area contributed by atoms with E-state index in [2.05, 4.69) is 46.4 Å². The number of nitrogen functional groups attached to an aromatic ring is 1. The molecule has 0 amide bonds. The Morgan fingerprint density at radius 1 is 1.32 bits per heavy atom. The second kappa shape index (κ2) is 5.05. The standard InChI is InChI=1S/C15H20N4/c1-19-7-5-11(6-8-19)12-3-2-4-13(9-12)14-10-17-18-15(14)16/h2-4,9-11H,5-8H2,1H3,(H3,16,17,18). The van der Waals surface area contributed by atoms with E-state index in [1.54, 1.807) is 6.20 Å². The summed E-state index contributed by atoms with van der Waals surface area (Å²) in [7, 11) is 2.19. The minimum absolute atomic E-state index is 0.639. The van der Waals surface area contributed by atoms with Crippen molar-refractivity contribution in [2.24, 2.45) is 0 Å². The van der Waals surface area contributed by atoms with Crippen molar-refractivity contribution in [2.45, 2.75) is 18.8 Å². The largest absolute Gasteiger partial charge is 0.384 e. The minimum atomic E-state index is 0.639. The summed E-state index contributed by atoms with van der Waals surface area (Å²) in [5.74, 6) is 1.31. The molecule has 0 saturated carbocycles. The lowest BCUT2D eigenvalue weighted by atomic mass is 9.88. The number of piperidine rings is 1. The number of benzene rings is 1. The molecule has 2 aromatic rings. The monoisotopic (exact) mass is 256 g/mol. The van der Waals surface area contributed by atoms with E-state index in [0.29, 0.717) is 11.7 Å². The molecule has 3 rings (SSSR count). The Morgan fingerprint density at radius 3 is 2.79 bits per heavy atom. The number of likely N-dealkylation sites (tertiary alicyclic amines) is 1. The number of nitrogens with one attached hydrogen (secondary N) is 1. The molecule has 1 aromatic heterocycles. The fourth-order valence-electron chi connectivity index (χ4n) is 2.83. The fourth-order valence-corrected chi connectivity index (χ4v) is 2.83. The molecule has 1 fully saturated rings. The van der Waals surface area contributed by atoms with Gasteiger partial charge in [0.15, 0.2) is 0 Å². The highest BCUT2D eigenvalue weighted by molar-refractivity contribution is 5.73. The van der Waals surface area contributed by atoms with Crippen LogP contribution in [-0.4, -0.2) is 35.2 Å². The average molecular weight is 256 g/mol. The van der Waals surface area contributed by atoms with Gasteiger partial charge in [0.1, 0.15) is 5.82 Å². The fraction of sp³-hybridized carbons (Fsp3) is 0.400. The first-order chi connectivity index (χ1) is 9.24. The lowest BCUT2D eigenvalue weighted by Crippen LogP contribution is -2.29. The maximum Gasteiger partial charge on any atom is 0.126 e. The summed E-state index contributed by atoms with van der Waals surface area (Å²) in [4.78, 5) is 2.40.